The van der Waals surface area contributed by atoms with Gasteiger partial charge in [0.25, 0.3) is 0 Å². The number of aromatic nitrogens is 2. The van der Waals surface area contributed by atoms with Gasteiger partial charge in [0, 0.05) is 18.3 Å². The molecule has 0 atom stereocenters. The number of anilines is 1. The zero-order valence-corrected chi connectivity index (χ0v) is 9.39. The second kappa shape index (κ2) is 3.81. The number of nitrogens with zero attached hydrogens (tertiary/aromatic N) is 2. The Hall–Kier alpha value is -1.51. The first-order valence-corrected chi connectivity index (χ1v) is 6.08. The summed E-state index contributed by atoms with van der Waals surface area (Å²) in [4.78, 5) is 4.67. The molecule has 0 bridgehead atoms. The second-order valence-electron chi connectivity index (χ2n) is 4.70. The first-order valence-electron chi connectivity index (χ1n) is 6.08. The molecule has 2 heterocycles. The van der Waals surface area contributed by atoms with Crippen molar-refractivity contribution in [3.63, 3.8) is 0 Å². The molecule has 0 saturated heterocycles. The van der Waals surface area contributed by atoms with Crippen LogP contribution in [0.4, 0.5) is 5.69 Å². The van der Waals surface area contributed by atoms with E-state index < -0.39 is 0 Å². The van der Waals surface area contributed by atoms with Gasteiger partial charge in [-0.3, -0.25) is 0 Å². The maximum absolute atomic E-state index is 5.92. The van der Waals surface area contributed by atoms with E-state index in [9.17, 15) is 0 Å². The van der Waals surface area contributed by atoms with E-state index in [-0.39, 0.29) is 0 Å². The molecule has 3 heteroatoms. The Morgan fingerprint density at radius 3 is 2.81 bits per heavy atom. The van der Waals surface area contributed by atoms with Crippen LogP contribution in [0.15, 0.2) is 24.5 Å². The van der Waals surface area contributed by atoms with Crippen LogP contribution in [-0.2, 0) is 0 Å². The van der Waals surface area contributed by atoms with Gasteiger partial charge < -0.3 is 10.1 Å². The molecule has 3 nitrogen and oxygen atoms in total. The molecule has 2 aromatic heterocycles. The van der Waals surface area contributed by atoms with Crippen molar-refractivity contribution in [3.05, 3.63) is 30.2 Å². The maximum Gasteiger partial charge on any atom is 0.160 e. The summed E-state index contributed by atoms with van der Waals surface area (Å²) >= 11 is 0. The molecule has 2 aromatic rings. The Kier molecular flexibility index (Phi) is 2.31. The number of rotatable bonds is 1. The smallest absolute Gasteiger partial charge is 0.160 e. The van der Waals surface area contributed by atoms with Crippen molar-refractivity contribution in [1.82, 2.24) is 9.38 Å². The van der Waals surface area contributed by atoms with Crippen LogP contribution in [0.1, 0.15) is 43.7 Å². The molecule has 0 aromatic carbocycles. The van der Waals surface area contributed by atoms with Gasteiger partial charge in [0.2, 0.25) is 0 Å². The van der Waals surface area contributed by atoms with Gasteiger partial charge >= 0.3 is 0 Å². The van der Waals surface area contributed by atoms with E-state index in [2.05, 4.69) is 11.2 Å². The molecule has 0 amide bonds. The van der Waals surface area contributed by atoms with E-state index in [0.29, 0.717) is 5.92 Å². The SMILES string of the molecule is Nc1cccn2cc(C3CCCCC3)nc12. The average molecular weight is 215 g/mol. The third kappa shape index (κ3) is 1.56. The number of pyridine rings is 1. The van der Waals surface area contributed by atoms with Gasteiger partial charge in [0.15, 0.2) is 5.65 Å². The molecule has 0 aliphatic heterocycles. The first-order chi connectivity index (χ1) is 7.84. The number of nitrogens with two attached hydrogens (primary N) is 1. The van der Waals surface area contributed by atoms with Crippen molar-refractivity contribution in [2.75, 3.05) is 5.73 Å². The molecule has 1 fully saturated rings. The highest BCUT2D eigenvalue weighted by molar-refractivity contribution is 5.64. The largest absolute Gasteiger partial charge is 0.396 e. The van der Waals surface area contributed by atoms with Crippen LogP contribution in [0.3, 0.4) is 0 Å². The molecule has 2 N–H and O–H groups in total. The van der Waals surface area contributed by atoms with Gasteiger partial charge in [-0.2, -0.15) is 0 Å². The summed E-state index contributed by atoms with van der Waals surface area (Å²) in [6.45, 7) is 0. The van der Waals surface area contributed by atoms with Crippen molar-refractivity contribution < 1.29 is 0 Å². The second-order valence-corrected chi connectivity index (χ2v) is 4.70. The lowest BCUT2D eigenvalue weighted by Gasteiger charge is -2.19. The minimum Gasteiger partial charge on any atom is -0.396 e. The zero-order chi connectivity index (χ0) is 11.0. The molecule has 3 rings (SSSR count). The van der Waals surface area contributed by atoms with E-state index in [0.717, 1.165) is 11.3 Å². The highest BCUT2D eigenvalue weighted by Crippen LogP contribution is 2.32. The lowest BCUT2D eigenvalue weighted by molar-refractivity contribution is 0.438. The van der Waals surface area contributed by atoms with E-state index in [4.69, 9.17) is 5.73 Å². The molecular weight excluding hydrogens is 198 g/mol. The minimum absolute atomic E-state index is 0.646. The van der Waals surface area contributed by atoms with Crippen molar-refractivity contribution in [3.8, 4) is 0 Å². The third-order valence-corrected chi connectivity index (χ3v) is 3.56. The summed E-state index contributed by atoms with van der Waals surface area (Å²) in [7, 11) is 0. The minimum atomic E-state index is 0.646. The van der Waals surface area contributed by atoms with Gasteiger partial charge in [-0.15, -0.1) is 0 Å². The fourth-order valence-corrected chi connectivity index (χ4v) is 2.65. The quantitative estimate of drug-likeness (QED) is 0.794. The Morgan fingerprint density at radius 1 is 1.25 bits per heavy atom. The highest BCUT2D eigenvalue weighted by atomic mass is 15.0. The molecule has 1 aliphatic rings. The van der Waals surface area contributed by atoms with Crippen LogP contribution in [0.2, 0.25) is 0 Å². The molecule has 0 spiro atoms. The van der Waals surface area contributed by atoms with Crippen molar-refractivity contribution in [2.24, 2.45) is 0 Å². The summed E-state index contributed by atoms with van der Waals surface area (Å²) in [5.74, 6) is 0.646. The lowest BCUT2D eigenvalue weighted by Crippen LogP contribution is -2.04. The summed E-state index contributed by atoms with van der Waals surface area (Å²) in [5, 5.41) is 0. The third-order valence-electron chi connectivity index (χ3n) is 3.56. The molecule has 16 heavy (non-hydrogen) atoms. The number of nitrogen functional groups attached to an aromatic ring is 1. The van der Waals surface area contributed by atoms with E-state index in [1.165, 1.54) is 37.8 Å². The Labute approximate surface area is 95.3 Å². The first kappa shape index (κ1) is 9.70. The highest BCUT2D eigenvalue weighted by Gasteiger charge is 2.18. The van der Waals surface area contributed by atoms with Crippen LogP contribution in [0.5, 0.6) is 0 Å². The Balaban J connectivity index is 2.01. The number of hydrogen-bond donors (Lipinski definition) is 1. The zero-order valence-electron chi connectivity index (χ0n) is 9.39. The standard InChI is InChI=1S/C13H17N3/c14-11-7-4-8-16-9-12(15-13(11)16)10-5-2-1-3-6-10/h4,7-10H,1-3,5-6,14H2. The van der Waals surface area contributed by atoms with E-state index >= 15 is 0 Å². The number of hydrogen-bond acceptors (Lipinski definition) is 2. The van der Waals surface area contributed by atoms with Gasteiger partial charge in [0.1, 0.15) is 0 Å². The van der Waals surface area contributed by atoms with Gasteiger partial charge in [0.05, 0.1) is 11.4 Å². The molecular formula is C13H17N3. The van der Waals surface area contributed by atoms with Crippen LogP contribution in [0, 0.1) is 0 Å². The van der Waals surface area contributed by atoms with Crippen LogP contribution >= 0.6 is 0 Å². The fourth-order valence-electron chi connectivity index (χ4n) is 2.65. The monoisotopic (exact) mass is 215 g/mol. The molecule has 0 radical (unpaired) electrons. The summed E-state index contributed by atoms with van der Waals surface area (Å²) in [5.41, 5.74) is 8.81. The molecule has 1 saturated carbocycles. The predicted octanol–water partition coefficient (Wildman–Crippen LogP) is 2.96. The molecule has 0 unspecified atom stereocenters. The van der Waals surface area contributed by atoms with E-state index in [1.54, 1.807) is 0 Å². The van der Waals surface area contributed by atoms with Crippen molar-refractivity contribution >= 4 is 11.3 Å². The van der Waals surface area contributed by atoms with Gasteiger partial charge in [-0.25, -0.2) is 4.98 Å². The molecule has 1 aliphatic carbocycles. The van der Waals surface area contributed by atoms with Crippen molar-refractivity contribution in [2.45, 2.75) is 38.0 Å². The van der Waals surface area contributed by atoms with Crippen LogP contribution in [-0.4, -0.2) is 9.38 Å². The molecule has 84 valence electrons. The van der Waals surface area contributed by atoms with Crippen LogP contribution in [0.25, 0.3) is 5.65 Å². The summed E-state index contributed by atoms with van der Waals surface area (Å²) < 4.78 is 2.04. The predicted molar refractivity (Wildman–Crippen MR) is 65.4 cm³/mol. The normalized spacial score (nSPS) is 18.0. The average Bonchev–Trinajstić information content (AvgIpc) is 2.76. The lowest BCUT2D eigenvalue weighted by atomic mass is 9.87. The number of imidazole rings is 1. The van der Waals surface area contributed by atoms with Gasteiger partial charge in [-0.1, -0.05) is 19.3 Å². The van der Waals surface area contributed by atoms with Crippen LogP contribution < -0.4 is 5.73 Å². The Morgan fingerprint density at radius 2 is 2.06 bits per heavy atom. The topological polar surface area (TPSA) is 43.3 Å². The summed E-state index contributed by atoms with van der Waals surface area (Å²) in [6, 6.07) is 3.88. The van der Waals surface area contributed by atoms with Gasteiger partial charge in [-0.05, 0) is 25.0 Å². The maximum atomic E-state index is 5.92. The summed E-state index contributed by atoms with van der Waals surface area (Å²) in [6.07, 6.45) is 10.8. The van der Waals surface area contributed by atoms with E-state index in [1.807, 2.05) is 22.7 Å². The fraction of sp³-hybridized carbons (Fsp3) is 0.462. The Bertz CT molecular complexity index is 495. The van der Waals surface area contributed by atoms with Crippen molar-refractivity contribution in [1.29, 1.82) is 0 Å². The number of fused-ring (bicyclic) bond motifs is 1.